The van der Waals surface area contributed by atoms with Crippen molar-refractivity contribution in [3.63, 3.8) is 0 Å². The number of rotatable bonds is 2. The number of anilines is 1. The average Bonchev–Trinajstić information content (AvgIpc) is 2.90. The van der Waals surface area contributed by atoms with E-state index in [1.54, 1.807) is 23.1 Å². The molecular weight excluding hydrogens is 260 g/mol. The lowest BCUT2D eigenvalue weighted by Gasteiger charge is -2.27. The van der Waals surface area contributed by atoms with Crippen LogP contribution in [0.2, 0.25) is 0 Å². The molecule has 2 heterocycles. The van der Waals surface area contributed by atoms with E-state index in [0.717, 1.165) is 18.5 Å². The molecule has 2 aliphatic heterocycles. The molecule has 1 saturated heterocycles. The van der Waals surface area contributed by atoms with E-state index >= 15 is 0 Å². The van der Waals surface area contributed by atoms with Gasteiger partial charge in [0.15, 0.2) is 0 Å². The van der Waals surface area contributed by atoms with Crippen LogP contribution in [0.3, 0.4) is 0 Å². The van der Waals surface area contributed by atoms with Crippen LogP contribution < -0.4 is 10.2 Å². The molecule has 0 spiro atoms. The first-order valence-electron chi connectivity index (χ1n) is 6.67. The second-order valence-corrected chi connectivity index (χ2v) is 4.95. The summed E-state index contributed by atoms with van der Waals surface area (Å²) in [4.78, 5) is 25.1. The lowest BCUT2D eigenvalue weighted by Crippen LogP contribution is -2.49. The van der Waals surface area contributed by atoms with Crippen LogP contribution in [0.5, 0.6) is 0 Å². The minimum atomic E-state index is -0.984. The number of nitrogens with zero attached hydrogens (tertiary/aromatic N) is 1. The maximum atomic E-state index is 12.5. The average molecular weight is 276 g/mol. The molecule has 0 saturated carbocycles. The number of nitrogens with one attached hydrogen (secondary N) is 1. The largest absolute Gasteiger partial charge is 0.478 e. The smallest absolute Gasteiger partial charge is 0.335 e. The van der Waals surface area contributed by atoms with Crippen molar-refractivity contribution in [3.05, 3.63) is 29.3 Å². The number of hydrogen-bond donors (Lipinski definition) is 2. The maximum Gasteiger partial charge on any atom is 0.335 e. The molecule has 1 unspecified atom stereocenters. The molecule has 3 rings (SSSR count). The van der Waals surface area contributed by atoms with Crippen LogP contribution >= 0.6 is 0 Å². The molecule has 6 nitrogen and oxygen atoms in total. The van der Waals surface area contributed by atoms with Gasteiger partial charge in [-0.25, -0.2) is 4.79 Å². The van der Waals surface area contributed by atoms with Gasteiger partial charge in [-0.05, 0) is 24.1 Å². The van der Waals surface area contributed by atoms with Crippen LogP contribution in [0, 0.1) is 0 Å². The van der Waals surface area contributed by atoms with E-state index in [1.165, 1.54) is 0 Å². The van der Waals surface area contributed by atoms with Gasteiger partial charge in [-0.1, -0.05) is 6.07 Å². The molecule has 2 N–H and O–H groups in total. The number of ether oxygens (including phenoxy) is 1. The van der Waals surface area contributed by atoms with Crippen molar-refractivity contribution >= 4 is 17.6 Å². The molecule has 0 radical (unpaired) electrons. The number of hydrogen-bond acceptors (Lipinski definition) is 4. The third kappa shape index (κ3) is 2.28. The fourth-order valence-electron chi connectivity index (χ4n) is 2.64. The molecule has 1 aromatic rings. The highest BCUT2D eigenvalue weighted by Crippen LogP contribution is 2.30. The van der Waals surface area contributed by atoms with Gasteiger partial charge in [0.25, 0.3) is 5.91 Å². The quantitative estimate of drug-likeness (QED) is 0.810. The third-order valence-electron chi connectivity index (χ3n) is 3.70. The van der Waals surface area contributed by atoms with E-state index in [1.807, 2.05) is 0 Å². The number of fused-ring (bicyclic) bond motifs is 1. The van der Waals surface area contributed by atoms with Crippen molar-refractivity contribution in [2.45, 2.75) is 12.5 Å². The van der Waals surface area contributed by atoms with Crippen LogP contribution in [-0.4, -0.2) is 49.3 Å². The SMILES string of the molecule is O=C(O)c1ccc2c(c1)N(C(=O)C1CNCCO1)CC2. The number of benzene rings is 1. The number of carboxylic acid groups (broad SMARTS) is 1. The molecule has 106 valence electrons. The summed E-state index contributed by atoms with van der Waals surface area (Å²) in [5.74, 6) is -1.08. The molecule has 0 aliphatic carbocycles. The van der Waals surface area contributed by atoms with Crippen molar-refractivity contribution in [2.24, 2.45) is 0 Å². The summed E-state index contributed by atoms with van der Waals surface area (Å²) in [7, 11) is 0. The van der Waals surface area contributed by atoms with E-state index in [-0.39, 0.29) is 11.5 Å². The van der Waals surface area contributed by atoms with Gasteiger partial charge in [0.05, 0.1) is 12.2 Å². The predicted molar refractivity (Wildman–Crippen MR) is 72.1 cm³/mol. The molecule has 6 heteroatoms. The van der Waals surface area contributed by atoms with Gasteiger partial charge in [-0.15, -0.1) is 0 Å². The number of carbonyl (C=O) groups is 2. The first-order valence-corrected chi connectivity index (χ1v) is 6.67. The molecule has 1 aromatic carbocycles. The second-order valence-electron chi connectivity index (χ2n) is 4.95. The first kappa shape index (κ1) is 13.1. The summed E-state index contributed by atoms with van der Waals surface area (Å²) in [5, 5.41) is 12.2. The van der Waals surface area contributed by atoms with E-state index in [2.05, 4.69) is 5.32 Å². The first-order chi connectivity index (χ1) is 9.66. The Morgan fingerprint density at radius 1 is 1.40 bits per heavy atom. The van der Waals surface area contributed by atoms with Crippen LogP contribution in [0.15, 0.2) is 18.2 Å². The van der Waals surface area contributed by atoms with Crippen molar-refractivity contribution < 1.29 is 19.4 Å². The second kappa shape index (κ2) is 5.22. The van der Waals surface area contributed by atoms with Crippen molar-refractivity contribution in [1.82, 2.24) is 5.32 Å². The van der Waals surface area contributed by atoms with E-state index in [4.69, 9.17) is 9.84 Å². The summed E-state index contributed by atoms with van der Waals surface area (Å²) in [6.45, 7) is 2.36. The van der Waals surface area contributed by atoms with Gasteiger partial charge in [-0.3, -0.25) is 4.79 Å². The van der Waals surface area contributed by atoms with Crippen LogP contribution in [0.25, 0.3) is 0 Å². The molecule has 0 bridgehead atoms. The van der Waals surface area contributed by atoms with E-state index in [9.17, 15) is 9.59 Å². The number of amides is 1. The summed E-state index contributed by atoms with van der Waals surface area (Å²) in [6.07, 6.45) is 0.268. The van der Waals surface area contributed by atoms with Gasteiger partial charge >= 0.3 is 5.97 Å². The number of carboxylic acids is 1. The van der Waals surface area contributed by atoms with Gasteiger partial charge in [0.2, 0.25) is 0 Å². The van der Waals surface area contributed by atoms with Gasteiger partial charge < -0.3 is 20.1 Å². The highest BCUT2D eigenvalue weighted by molar-refractivity contribution is 6.00. The summed E-state index contributed by atoms with van der Waals surface area (Å²) in [5.41, 5.74) is 1.90. The summed E-state index contributed by atoms with van der Waals surface area (Å²) >= 11 is 0. The van der Waals surface area contributed by atoms with Crippen molar-refractivity contribution in [2.75, 3.05) is 31.1 Å². The Balaban J connectivity index is 1.85. The number of carbonyl (C=O) groups excluding carboxylic acids is 1. The maximum absolute atomic E-state index is 12.5. The Morgan fingerprint density at radius 3 is 2.95 bits per heavy atom. The monoisotopic (exact) mass is 276 g/mol. The topological polar surface area (TPSA) is 78.9 Å². The number of morpholine rings is 1. The Kier molecular flexibility index (Phi) is 3.42. The molecule has 1 amide bonds. The van der Waals surface area contributed by atoms with Gasteiger partial charge in [-0.2, -0.15) is 0 Å². The zero-order valence-electron chi connectivity index (χ0n) is 11.0. The van der Waals surface area contributed by atoms with Gasteiger partial charge in [0, 0.05) is 25.3 Å². The molecular formula is C14H16N2O4. The zero-order chi connectivity index (χ0) is 14.1. The molecule has 2 aliphatic rings. The zero-order valence-corrected chi connectivity index (χ0v) is 11.0. The van der Waals surface area contributed by atoms with Crippen LogP contribution in [-0.2, 0) is 16.0 Å². The van der Waals surface area contributed by atoms with E-state index in [0.29, 0.717) is 25.4 Å². The highest BCUT2D eigenvalue weighted by atomic mass is 16.5. The Hall–Kier alpha value is -1.92. The normalized spacial score (nSPS) is 21.6. The van der Waals surface area contributed by atoms with Crippen molar-refractivity contribution in [3.8, 4) is 0 Å². The Labute approximate surface area is 116 Å². The fraction of sp³-hybridized carbons (Fsp3) is 0.429. The lowest BCUT2D eigenvalue weighted by molar-refractivity contribution is -0.131. The minimum absolute atomic E-state index is 0.0986. The Bertz CT molecular complexity index is 552. The molecule has 0 aromatic heterocycles. The van der Waals surface area contributed by atoms with Crippen LogP contribution in [0.4, 0.5) is 5.69 Å². The van der Waals surface area contributed by atoms with Crippen LogP contribution in [0.1, 0.15) is 15.9 Å². The molecule has 1 atom stereocenters. The minimum Gasteiger partial charge on any atom is -0.478 e. The Morgan fingerprint density at radius 2 is 2.25 bits per heavy atom. The van der Waals surface area contributed by atoms with Crippen molar-refractivity contribution in [1.29, 1.82) is 0 Å². The van der Waals surface area contributed by atoms with E-state index < -0.39 is 12.1 Å². The standard InChI is InChI=1S/C14H16N2O4/c17-13(12-8-15-4-6-20-12)16-5-3-9-1-2-10(14(18)19)7-11(9)16/h1-2,7,12,15H,3-6,8H2,(H,18,19). The van der Waals surface area contributed by atoms with Gasteiger partial charge in [0.1, 0.15) is 6.10 Å². The highest BCUT2D eigenvalue weighted by Gasteiger charge is 2.32. The third-order valence-corrected chi connectivity index (χ3v) is 3.70. The lowest BCUT2D eigenvalue weighted by atomic mass is 10.1. The number of aromatic carboxylic acids is 1. The molecule has 20 heavy (non-hydrogen) atoms. The predicted octanol–water partition coefficient (Wildman–Crippen LogP) is 0.262. The molecule has 1 fully saturated rings. The summed E-state index contributed by atoms with van der Waals surface area (Å²) in [6, 6.07) is 4.93. The fourth-order valence-corrected chi connectivity index (χ4v) is 2.64. The summed E-state index contributed by atoms with van der Waals surface area (Å²) < 4.78 is 5.47.